The monoisotopic (exact) mass is 399 g/mol. The summed E-state index contributed by atoms with van der Waals surface area (Å²) in [7, 11) is 0. The summed E-state index contributed by atoms with van der Waals surface area (Å²) in [5.41, 5.74) is 1.22. The van der Waals surface area contributed by atoms with Crippen LogP contribution < -0.4 is 0 Å². The normalized spacial score (nSPS) is 15.3. The van der Waals surface area contributed by atoms with Gasteiger partial charge in [0.25, 0.3) is 0 Å². The van der Waals surface area contributed by atoms with Crippen molar-refractivity contribution in [3.8, 4) is 0 Å². The highest BCUT2D eigenvalue weighted by Gasteiger charge is 2.34. The molecule has 1 unspecified atom stereocenters. The first-order valence-electron chi connectivity index (χ1n) is 9.58. The molecule has 0 saturated heterocycles. The smallest absolute Gasteiger partial charge is 0.416 e. The fourth-order valence-corrected chi connectivity index (χ4v) is 3.57. The van der Waals surface area contributed by atoms with Crippen LogP contribution in [0.15, 0.2) is 54.6 Å². The molecule has 3 nitrogen and oxygen atoms in total. The maximum absolute atomic E-state index is 13.2. The Labute approximate surface area is 166 Å². The molecule has 1 heterocycles. The Bertz CT molecular complexity index is 1060. The number of carbonyl (C=O) groups excluding carboxylic acids is 1. The number of pyridine rings is 1. The summed E-state index contributed by atoms with van der Waals surface area (Å²) in [5, 5.41) is 0.957. The number of alkyl halides is 3. The standard InChI is InChI=1S/C23H20F3NO2/c1-14(12-16-6-2-4-8-19(16)23(24,25)26)29-22(28)21-18(15-10-11-15)13-17-7-3-5-9-20(17)27-21/h2-9,13-15H,10-12H2,1H3. The highest BCUT2D eigenvalue weighted by atomic mass is 19.4. The Morgan fingerprint density at radius 2 is 1.83 bits per heavy atom. The van der Waals surface area contributed by atoms with Crippen molar-refractivity contribution in [1.82, 2.24) is 4.98 Å². The lowest BCUT2D eigenvalue weighted by molar-refractivity contribution is -0.138. The maximum atomic E-state index is 13.2. The van der Waals surface area contributed by atoms with E-state index in [4.69, 9.17) is 4.74 Å². The highest BCUT2D eigenvalue weighted by molar-refractivity contribution is 5.93. The number of benzene rings is 2. The van der Waals surface area contributed by atoms with Gasteiger partial charge in [-0.15, -0.1) is 0 Å². The molecule has 1 aliphatic carbocycles. The number of nitrogens with zero attached hydrogens (tertiary/aromatic N) is 1. The van der Waals surface area contributed by atoms with Crippen LogP contribution >= 0.6 is 0 Å². The minimum atomic E-state index is -4.45. The molecule has 1 atom stereocenters. The Kier molecular flexibility index (Phi) is 5.03. The summed E-state index contributed by atoms with van der Waals surface area (Å²) < 4.78 is 45.1. The van der Waals surface area contributed by atoms with Crippen LogP contribution in [-0.2, 0) is 17.3 Å². The van der Waals surface area contributed by atoms with Crippen LogP contribution in [0.25, 0.3) is 10.9 Å². The second-order valence-electron chi connectivity index (χ2n) is 7.47. The molecule has 0 radical (unpaired) electrons. The third-order valence-corrected chi connectivity index (χ3v) is 5.10. The SMILES string of the molecule is CC(Cc1ccccc1C(F)(F)F)OC(=O)c1nc2ccccc2cc1C1CC1. The van der Waals surface area contributed by atoms with E-state index in [1.165, 1.54) is 12.1 Å². The number of esters is 1. The third-order valence-electron chi connectivity index (χ3n) is 5.10. The van der Waals surface area contributed by atoms with E-state index in [2.05, 4.69) is 4.98 Å². The lowest BCUT2D eigenvalue weighted by Crippen LogP contribution is -2.21. The summed E-state index contributed by atoms with van der Waals surface area (Å²) in [6.07, 6.45) is -3.19. The van der Waals surface area contributed by atoms with Crippen LogP contribution in [0.2, 0.25) is 0 Å². The molecule has 1 saturated carbocycles. The van der Waals surface area contributed by atoms with Gasteiger partial charge in [-0.1, -0.05) is 36.4 Å². The van der Waals surface area contributed by atoms with Crippen LogP contribution in [0.4, 0.5) is 13.2 Å². The van der Waals surface area contributed by atoms with Crippen LogP contribution in [0, 0.1) is 0 Å². The first kappa shape index (κ1) is 19.4. The number of aromatic nitrogens is 1. The molecule has 0 bridgehead atoms. The largest absolute Gasteiger partial charge is 0.458 e. The first-order valence-corrected chi connectivity index (χ1v) is 9.58. The Hall–Kier alpha value is -2.89. The van der Waals surface area contributed by atoms with Gasteiger partial charge in [-0.05, 0) is 55.0 Å². The summed E-state index contributed by atoms with van der Waals surface area (Å²) in [4.78, 5) is 17.3. The molecule has 6 heteroatoms. The minimum absolute atomic E-state index is 0.0201. The van der Waals surface area contributed by atoms with Gasteiger partial charge in [0.05, 0.1) is 11.1 Å². The van der Waals surface area contributed by atoms with Gasteiger partial charge in [0.2, 0.25) is 0 Å². The Balaban J connectivity index is 1.56. The molecule has 29 heavy (non-hydrogen) atoms. The number of carbonyl (C=O) groups is 1. The van der Waals surface area contributed by atoms with Crippen molar-refractivity contribution in [2.75, 3.05) is 0 Å². The van der Waals surface area contributed by atoms with Gasteiger partial charge in [-0.25, -0.2) is 9.78 Å². The van der Waals surface area contributed by atoms with Gasteiger partial charge in [-0.3, -0.25) is 0 Å². The fourth-order valence-electron chi connectivity index (χ4n) is 3.57. The second-order valence-corrected chi connectivity index (χ2v) is 7.47. The van der Waals surface area contributed by atoms with E-state index < -0.39 is 23.8 Å². The molecule has 1 fully saturated rings. The average molecular weight is 399 g/mol. The van der Waals surface area contributed by atoms with Crippen LogP contribution in [0.3, 0.4) is 0 Å². The van der Waals surface area contributed by atoms with Crippen molar-refractivity contribution in [3.63, 3.8) is 0 Å². The lowest BCUT2D eigenvalue weighted by Gasteiger charge is -2.18. The molecule has 1 aliphatic rings. The number of hydrogen-bond acceptors (Lipinski definition) is 3. The third kappa shape index (κ3) is 4.26. The van der Waals surface area contributed by atoms with E-state index in [1.54, 1.807) is 13.0 Å². The first-order chi connectivity index (χ1) is 13.8. The molecule has 2 aromatic carbocycles. The minimum Gasteiger partial charge on any atom is -0.458 e. The maximum Gasteiger partial charge on any atom is 0.416 e. The van der Waals surface area contributed by atoms with Gasteiger partial charge in [0.15, 0.2) is 5.69 Å². The van der Waals surface area contributed by atoms with Gasteiger partial charge in [0.1, 0.15) is 6.10 Å². The van der Waals surface area contributed by atoms with Crippen LogP contribution in [0.1, 0.15) is 52.9 Å². The predicted molar refractivity (Wildman–Crippen MR) is 104 cm³/mol. The highest BCUT2D eigenvalue weighted by Crippen LogP contribution is 2.42. The van der Waals surface area contributed by atoms with Crippen molar-refractivity contribution in [3.05, 3.63) is 77.0 Å². The van der Waals surface area contributed by atoms with E-state index in [0.717, 1.165) is 29.9 Å². The van der Waals surface area contributed by atoms with E-state index in [-0.39, 0.29) is 23.6 Å². The van der Waals surface area contributed by atoms with Crippen molar-refractivity contribution < 1.29 is 22.7 Å². The number of rotatable bonds is 5. The van der Waals surface area contributed by atoms with Crippen molar-refractivity contribution >= 4 is 16.9 Å². The van der Waals surface area contributed by atoms with Crippen molar-refractivity contribution in [1.29, 1.82) is 0 Å². The fraction of sp³-hybridized carbons (Fsp3) is 0.304. The molecule has 0 aliphatic heterocycles. The summed E-state index contributed by atoms with van der Waals surface area (Å²) in [6, 6.07) is 14.9. The van der Waals surface area contributed by atoms with E-state index in [0.29, 0.717) is 5.52 Å². The molecule has 1 aromatic heterocycles. The van der Waals surface area contributed by atoms with Crippen LogP contribution in [-0.4, -0.2) is 17.1 Å². The molecule has 0 spiro atoms. The summed E-state index contributed by atoms with van der Waals surface area (Å²) in [6.45, 7) is 1.60. The van der Waals surface area contributed by atoms with Gasteiger partial charge < -0.3 is 4.74 Å². The van der Waals surface area contributed by atoms with Gasteiger partial charge in [-0.2, -0.15) is 13.2 Å². The number of hydrogen-bond donors (Lipinski definition) is 0. The molecule has 0 amide bonds. The van der Waals surface area contributed by atoms with Crippen LogP contribution in [0.5, 0.6) is 0 Å². The Morgan fingerprint density at radius 3 is 2.55 bits per heavy atom. The lowest BCUT2D eigenvalue weighted by atomic mass is 10.0. The number of halogens is 3. The molecule has 3 aromatic rings. The second kappa shape index (κ2) is 7.50. The van der Waals surface area contributed by atoms with Crippen molar-refractivity contribution in [2.24, 2.45) is 0 Å². The Morgan fingerprint density at radius 1 is 1.14 bits per heavy atom. The van der Waals surface area contributed by atoms with E-state index >= 15 is 0 Å². The molecule has 0 N–H and O–H groups in total. The number of para-hydroxylation sites is 1. The zero-order chi connectivity index (χ0) is 20.6. The zero-order valence-electron chi connectivity index (χ0n) is 15.9. The average Bonchev–Trinajstić information content (AvgIpc) is 3.51. The van der Waals surface area contributed by atoms with E-state index in [1.807, 2.05) is 30.3 Å². The summed E-state index contributed by atoms with van der Waals surface area (Å²) in [5.74, 6) is -0.300. The van der Waals surface area contributed by atoms with Gasteiger partial charge >= 0.3 is 12.1 Å². The molecular formula is C23H20F3NO2. The van der Waals surface area contributed by atoms with Crippen molar-refractivity contribution in [2.45, 2.75) is 44.4 Å². The zero-order valence-corrected chi connectivity index (χ0v) is 15.9. The topological polar surface area (TPSA) is 39.2 Å². The predicted octanol–water partition coefficient (Wildman–Crippen LogP) is 5.92. The quantitative estimate of drug-likeness (QED) is 0.500. The van der Waals surface area contributed by atoms with E-state index in [9.17, 15) is 18.0 Å². The molecular weight excluding hydrogens is 379 g/mol. The molecule has 4 rings (SSSR count). The summed E-state index contributed by atoms with van der Waals surface area (Å²) >= 11 is 0. The number of fused-ring (bicyclic) bond motifs is 1. The number of ether oxygens (including phenoxy) is 1. The van der Waals surface area contributed by atoms with Gasteiger partial charge in [0, 0.05) is 11.8 Å². The molecule has 150 valence electrons.